The third-order valence-electron chi connectivity index (χ3n) is 4.74. The molecule has 3 aromatic rings. The second-order valence-corrected chi connectivity index (χ2v) is 8.11. The lowest BCUT2D eigenvalue weighted by atomic mass is 10.3. The highest BCUT2D eigenvalue weighted by atomic mass is 32.1. The van der Waals surface area contributed by atoms with Crippen LogP contribution in [-0.2, 0) is 17.6 Å². The van der Waals surface area contributed by atoms with Crippen molar-refractivity contribution in [3.05, 3.63) is 58.9 Å². The zero-order chi connectivity index (χ0) is 21.3. The van der Waals surface area contributed by atoms with Gasteiger partial charge in [0, 0.05) is 42.3 Å². The van der Waals surface area contributed by atoms with Gasteiger partial charge in [-0.25, -0.2) is 0 Å². The Balaban J connectivity index is 1.46. The van der Waals surface area contributed by atoms with Gasteiger partial charge in [0.25, 0.3) is 0 Å². The van der Waals surface area contributed by atoms with Gasteiger partial charge in [-0.2, -0.15) is 15.1 Å². The van der Waals surface area contributed by atoms with Gasteiger partial charge in [0.05, 0.1) is 31.7 Å². The molecule has 0 saturated carbocycles. The molecule has 8 nitrogen and oxygen atoms in total. The van der Waals surface area contributed by atoms with Crippen molar-refractivity contribution < 1.29 is 9.47 Å². The maximum absolute atomic E-state index is 5.86. The van der Waals surface area contributed by atoms with Gasteiger partial charge in [-0.1, -0.05) is 13.0 Å². The van der Waals surface area contributed by atoms with E-state index in [0.717, 1.165) is 36.0 Å². The zero-order valence-corrected chi connectivity index (χ0v) is 18.3. The molecule has 0 aliphatic carbocycles. The van der Waals surface area contributed by atoms with Crippen molar-refractivity contribution >= 4 is 28.4 Å². The van der Waals surface area contributed by atoms with Crippen molar-refractivity contribution in [1.29, 1.82) is 0 Å². The first-order valence-electron chi connectivity index (χ1n) is 10.4. The van der Waals surface area contributed by atoms with E-state index in [1.807, 2.05) is 30.3 Å². The SMILES string of the molecule is CCc1ccc(N/N=C/c2cc(N3CCOCC3)nc(OCCc3ccccn3)n2)s1. The molecule has 0 unspecified atom stereocenters. The summed E-state index contributed by atoms with van der Waals surface area (Å²) >= 11 is 1.70. The molecule has 0 spiro atoms. The molecule has 1 aliphatic heterocycles. The van der Waals surface area contributed by atoms with Gasteiger partial charge in [0.1, 0.15) is 10.8 Å². The van der Waals surface area contributed by atoms with Crippen LogP contribution in [0.3, 0.4) is 0 Å². The van der Waals surface area contributed by atoms with Crippen molar-refractivity contribution in [2.75, 3.05) is 43.2 Å². The highest BCUT2D eigenvalue weighted by Gasteiger charge is 2.15. The van der Waals surface area contributed by atoms with E-state index in [1.165, 1.54) is 4.88 Å². The number of rotatable bonds is 9. The Morgan fingerprint density at radius 3 is 2.90 bits per heavy atom. The molecule has 0 aromatic carbocycles. The van der Waals surface area contributed by atoms with E-state index in [-0.39, 0.29) is 0 Å². The number of morpholine rings is 1. The van der Waals surface area contributed by atoms with Crippen LogP contribution >= 0.6 is 11.3 Å². The second-order valence-electron chi connectivity index (χ2n) is 6.94. The number of aryl methyl sites for hydroxylation is 1. The van der Waals surface area contributed by atoms with Crippen molar-refractivity contribution in [1.82, 2.24) is 15.0 Å². The Hall–Kier alpha value is -3.04. The Labute approximate surface area is 186 Å². The van der Waals surface area contributed by atoms with Crippen LogP contribution in [0.4, 0.5) is 10.8 Å². The quantitative estimate of drug-likeness (QED) is 0.405. The van der Waals surface area contributed by atoms with Crippen LogP contribution in [0.25, 0.3) is 0 Å². The van der Waals surface area contributed by atoms with Gasteiger partial charge in [-0.15, -0.1) is 11.3 Å². The third kappa shape index (κ3) is 6.22. The average Bonchev–Trinajstić information content (AvgIpc) is 3.28. The van der Waals surface area contributed by atoms with Crippen LogP contribution in [0, 0.1) is 0 Å². The summed E-state index contributed by atoms with van der Waals surface area (Å²) in [6.45, 7) is 5.53. The highest BCUT2D eigenvalue weighted by molar-refractivity contribution is 7.16. The van der Waals surface area contributed by atoms with E-state index in [9.17, 15) is 0 Å². The van der Waals surface area contributed by atoms with Gasteiger partial charge in [-0.3, -0.25) is 10.4 Å². The molecule has 1 saturated heterocycles. The van der Waals surface area contributed by atoms with Gasteiger partial charge in [-0.05, 0) is 30.7 Å². The summed E-state index contributed by atoms with van der Waals surface area (Å²) < 4.78 is 11.3. The van der Waals surface area contributed by atoms with Crippen LogP contribution in [0.5, 0.6) is 6.01 Å². The van der Waals surface area contributed by atoms with E-state index in [1.54, 1.807) is 23.7 Å². The minimum atomic E-state index is 0.339. The summed E-state index contributed by atoms with van der Waals surface area (Å²) in [4.78, 5) is 16.9. The molecule has 4 heterocycles. The number of pyridine rings is 1. The number of thiophene rings is 1. The lowest BCUT2D eigenvalue weighted by Gasteiger charge is -2.28. The summed E-state index contributed by atoms with van der Waals surface area (Å²) in [6.07, 6.45) is 5.19. The minimum Gasteiger partial charge on any atom is -0.463 e. The number of aromatic nitrogens is 3. The first-order valence-corrected chi connectivity index (χ1v) is 11.2. The normalized spacial score (nSPS) is 14.2. The smallest absolute Gasteiger partial charge is 0.318 e. The lowest BCUT2D eigenvalue weighted by molar-refractivity contribution is 0.122. The Morgan fingerprint density at radius 2 is 2.13 bits per heavy atom. The molecular formula is C22H26N6O2S. The monoisotopic (exact) mass is 438 g/mol. The molecule has 0 amide bonds. The lowest BCUT2D eigenvalue weighted by Crippen LogP contribution is -2.37. The van der Waals surface area contributed by atoms with Crippen molar-refractivity contribution in [2.45, 2.75) is 19.8 Å². The minimum absolute atomic E-state index is 0.339. The predicted molar refractivity (Wildman–Crippen MR) is 123 cm³/mol. The Kier molecular flexibility index (Phi) is 7.41. The number of nitrogens with zero attached hydrogens (tertiary/aromatic N) is 5. The number of hydrazone groups is 1. The number of hydrogen-bond acceptors (Lipinski definition) is 9. The van der Waals surface area contributed by atoms with Crippen molar-refractivity contribution in [3.8, 4) is 6.01 Å². The highest BCUT2D eigenvalue weighted by Crippen LogP contribution is 2.22. The fourth-order valence-corrected chi connectivity index (χ4v) is 3.90. The molecule has 3 aromatic heterocycles. The number of anilines is 2. The van der Waals surface area contributed by atoms with Crippen LogP contribution in [0.15, 0.2) is 47.7 Å². The van der Waals surface area contributed by atoms with Crippen LogP contribution in [0.1, 0.15) is 23.2 Å². The predicted octanol–water partition coefficient (Wildman–Crippen LogP) is 3.40. The van der Waals surface area contributed by atoms with E-state index in [2.05, 4.69) is 43.4 Å². The summed E-state index contributed by atoms with van der Waals surface area (Å²) in [5.41, 5.74) is 4.73. The maximum Gasteiger partial charge on any atom is 0.318 e. The fourth-order valence-electron chi connectivity index (χ4n) is 3.10. The third-order valence-corrected chi connectivity index (χ3v) is 5.88. The maximum atomic E-state index is 5.86. The van der Waals surface area contributed by atoms with Gasteiger partial charge in [0.2, 0.25) is 0 Å². The summed E-state index contributed by atoms with van der Waals surface area (Å²) in [7, 11) is 0. The molecule has 4 rings (SSSR count). The van der Waals surface area contributed by atoms with Crippen LogP contribution < -0.4 is 15.1 Å². The topological polar surface area (TPSA) is 84.8 Å². The van der Waals surface area contributed by atoms with Gasteiger partial charge >= 0.3 is 6.01 Å². The Morgan fingerprint density at radius 1 is 1.23 bits per heavy atom. The van der Waals surface area contributed by atoms with E-state index >= 15 is 0 Å². The molecule has 0 radical (unpaired) electrons. The summed E-state index contributed by atoms with van der Waals surface area (Å²) in [5, 5.41) is 5.35. The number of nitrogens with one attached hydrogen (secondary N) is 1. The standard InChI is InChI=1S/C22H26N6O2S/c1-2-19-6-7-21(31-19)27-24-16-18-15-20(28-10-13-29-14-11-28)26-22(25-18)30-12-8-17-5-3-4-9-23-17/h3-7,9,15-16,27H,2,8,10-14H2,1H3/b24-16+. The van der Waals surface area contributed by atoms with E-state index in [4.69, 9.17) is 9.47 Å². The first-order chi connectivity index (χ1) is 15.3. The summed E-state index contributed by atoms with van der Waals surface area (Å²) in [5.74, 6) is 0.817. The fraction of sp³-hybridized carbons (Fsp3) is 0.364. The van der Waals surface area contributed by atoms with Crippen LogP contribution in [-0.4, -0.2) is 54.1 Å². The van der Waals surface area contributed by atoms with Gasteiger partial charge in [0.15, 0.2) is 0 Å². The summed E-state index contributed by atoms with van der Waals surface area (Å²) in [6, 6.07) is 12.3. The number of ether oxygens (including phenoxy) is 2. The molecule has 0 atom stereocenters. The van der Waals surface area contributed by atoms with E-state index in [0.29, 0.717) is 37.9 Å². The Bertz CT molecular complexity index is 989. The van der Waals surface area contributed by atoms with Crippen LogP contribution in [0.2, 0.25) is 0 Å². The number of hydrogen-bond donors (Lipinski definition) is 1. The average molecular weight is 439 g/mol. The first kappa shape index (κ1) is 21.2. The van der Waals surface area contributed by atoms with E-state index < -0.39 is 0 Å². The van der Waals surface area contributed by atoms with Crippen molar-refractivity contribution in [3.63, 3.8) is 0 Å². The molecular weight excluding hydrogens is 412 g/mol. The molecule has 0 bridgehead atoms. The molecule has 9 heteroatoms. The molecule has 1 N–H and O–H groups in total. The second kappa shape index (κ2) is 10.8. The van der Waals surface area contributed by atoms with Crippen molar-refractivity contribution in [2.24, 2.45) is 5.10 Å². The largest absolute Gasteiger partial charge is 0.463 e. The molecule has 1 aliphatic rings. The molecule has 31 heavy (non-hydrogen) atoms. The molecule has 1 fully saturated rings. The zero-order valence-electron chi connectivity index (χ0n) is 17.5. The van der Waals surface area contributed by atoms with Gasteiger partial charge < -0.3 is 14.4 Å². The molecule has 162 valence electrons.